The van der Waals surface area contributed by atoms with Crippen LogP contribution in [-0.2, 0) is 4.74 Å². The fourth-order valence-electron chi connectivity index (χ4n) is 2.38. The summed E-state index contributed by atoms with van der Waals surface area (Å²) in [4.78, 5) is 11.6. The topological polar surface area (TPSA) is 44.1 Å². The molecule has 0 aliphatic heterocycles. The molecule has 3 aromatic rings. The van der Waals surface area contributed by atoms with Crippen molar-refractivity contribution >= 4 is 5.97 Å². The van der Waals surface area contributed by atoms with Crippen molar-refractivity contribution in [1.82, 2.24) is 9.78 Å². The highest BCUT2D eigenvalue weighted by atomic mass is 19.1. The fourth-order valence-corrected chi connectivity index (χ4v) is 2.38. The van der Waals surface area contributed by atoms with Gasteiger partial charge in [0.1, 0.15) is 5.82 Å². The Hall–Kier alpha value is -2.95. The predicted molar refractivity (Wildman–Crippen MR) is 85.0 cm³/mol. The number of rotatable bonds is 3. The first-order valence-electron chi connectivity index (χ1n) is 7.10. The average Bonchev–Trinajstić information content (AvgIpc) is 3.05. The second-order valence-corrected chi connectivity index (χ2v) is 5.12. The van der Waals surface area contributed by atoms with E-state index in [1.54, 1.807) is 10.7 Å². The number of benzene rings is 2. The van der Waals surface area contributed by atoms with Crippen molar-refractivity contribution in [3.05, 3.63) is 71.7 Å². The number of aromatic nitrogens is 2. The van der Waals surface area contributed by atoms with Crippen LogP contribution in [0.4, 0.5) is 4.39 Å². The highest BCUT2D eigenvalue weighted by Gasteiger charge is 2.14. The SMILES string of the molecule is COC(=O)c1cc(-c2ccn(-c3ccccc3C)n2)ccc1F. The highest BCUT2D eigenvalue weighted by molar-refractivity contribution is 5.91. The van der Waals surface area contributed by atoms with Crippen LogP contribution in [0.3, 0.4) is 0 Å². The summed E-state index contributed by atoms with van der Waals surface area (Å²) in [5.74, 6) is -1.32. The monoisotopic (exact) mass is 310 g/mol. The minimum absolute atomic E-state index is 0.101. The molecule has 0 aliphatic carbocycles. The second-order valence-electron chi connectivity index (χ2n) is 5.12. The highest BCUT2D eigenvalue weighted by Crippen LogP contribution is 2.22. The smallest absolute Gasteiger partial charge is 0.340 e. The number of methoxy groups -OCH3 is 1. The van der Waals surface area contributed by atoms with Gasteiger partial charge in [-0.05, 0) is 42.8 Å². The van der Waals surface area contributed by atoms with Gasteiger partial charge in [0.15, 0.2) is 0 Å². The number of hydrogen-bond acceptors (Lipinski definition) is 3. The predicted octanol–water partition coefficient (Wildman–Crippen LogP) is 3.77. The van der Waals surface area contributed by atoms with Crippen LogP contribution < -0.4 is 0 Å². The molecule has 0 atom stereocenters. The molecule has 0 spiro atoms. The maximum Gasteiger partial charge on any atom is 0.340 e. The Morgan fingerprint density at radius 3 is 2.70 bits per heavy atom. The van der Waals surface area contributed by atoms with Crippen molar-refractivity contribution in [3.63, 3.8) is 0 Å². The Balaban J connectivity index is 2.01. The third-order valence-electron chi connectivity index (χ3n) is 3.62. The number of ether oxygens (including phenoxy) is 1. The van der Waals surface area contributed by atoms with Crippen LogP contribution in [0.5, 0.6) is 0 Å². The normalized spacial score (nSPS) is 10.6. The lowest BCUT2D eigenvalue weighted by atomic mass is 10.1. The van der Waals surface area contributed by atoms with Gasteiger partial charge in [-0.2, -0.15) is 5.10 Å². The zero-order valence-electron chi connectivity index (χ0n) is 12.8. The Labute approximate surface area is 133 Å². The van der Waals surface area contributed by atoms with Gasteiger partial charge in [-0.15, -0.1) is 0 Å². The molecular weight excluding hydrogens is 295 g/mol. The fraction of sp³-hybridized carbons (Fsp3) is 0.111. The summed E-state index contributed by atoms with van der Waals surface area (Å²) in [6.07, 6.45) is 1.83. The first kappa shape index (κ1) is 15.0. The van der Waals surface area contributed by atoms with Gasteiger partial charge in [0.05, 0.1) is 24.1 Å². The summed E-state index contributed by atoms with van der Waals surface area (Å²) in [6, 6.07) is 14.0. The number of aryl methyl sites for hydroxylation is 1. The molecule has 3 rings (SSSR count). The van der Waals surface area contributed by atoms with Gasteiger partial charge in [0, 0.05) is 11.8 Å². The standard InChI is InChI=1S/C18H15FN2O2/c1-12-5-3-4-6-17(12)21-10-9-16(20-21)13-7-8-15(19)14(11-13)18(22)23-2/h3-11H,1-2H3. The van der Waals surface area contributed by atoms with E-state index < -0.39 is 11.8 Å². The van der Waals surface area contributed by atoms with E-state index in [-0.39, 0.29) is 5.56 Å². The number of halogens is 1. The van der Waals surface area contributed by atoms with E-state index in [1.807, 2.05) is 43.5 Å². The summed E-state index contributed by atoms with van der Waals surface area (Å²) in [5, 5.41) is 4.51. The van der Waals surface area contributed by atoms with Crippen molar-refractivity contribution < 1.29 is 13.9 Å². The number of carbonyl (C=O) groups excluding carboxylic acids is 1. The molecule has 23 heavy (non-hydrogen) atoms. The van der Waals surface area contributed by atoms with Crippen LogP contribution in [0, 0.1) is 12.7 Å². The van der Waals surface area contributed by atoms with Gasteiger partial charge in [0.2, 0.25) is 0 Å². The van der Waals surface area contributed by atoms with Crippen molar-refractivity contribution in [3.8, 4) is 16.9 Å². The van der Waals surface area contributed by atoms with E-state index in [0.717, 1.165) is 11.3 Å². The minimum atomic E-state index is -0.706. The number of esters is 1. The summed E-state index contributed by atoms with van der Waals surface area (Å²) in [7, 11) is 1.22. The molecule has 0 fully saturated rings. The summed E-state index contributed by atoms with van der Waals surface area (Å²) < 4.78 is 20.1. The molecule has 1 heterocycles. The maximum atomic E-state index is 13.7. The van der Waals surface area contributed by atoms with Crippen molar-refractivity contribution in [2.45, 2.75) is 6.92 Å². The molecule has 4 nitrogen and oxygen atoms in total. The molecule has 0 saturated carbocycles. The Morgan fingerprint density at radius 2 is 1.96 bits per heavy atom. The third-order valence-corrected chi connectivity index (χ3v) is 3.62. The molecule has 0 N–H and O–H groups in total. The van der Waals surface area contributed by atoms with Crippen LogP contribution >= 0.6 is 0 Å². The van der Waals surface area contributed by atoms with Crippen molar-refractivity contribution in [2.24, 2.45) is 0 Å². The van der Waals surface area contributed by atoms with E-state index >= 15 is 0 Å². The van der Waals surface area contributed by atoms with Crippen LogP contribution in [-0.4, -0.2) is 22.9 Å². The zero-order chi connectivity index (χ0) is 16.4. The molecule has 0 amide bonds. The van der Waals surface area contributed by atoms with Crippen LogP contribution in [0.25, 0.3) is 16.9 Å². The number of carbonyl (C=O) groups is 1. The third kappa shape index (κ3) is 2.85. The Morgan fingerprint density at radius 1 is 1.17 bits per heavy atom. The molecule has 2 aromatic carbocycles. The van der Waals surface area contributed by atoms with Gasteiger partial charge in [-0.1, -0.05) is 18.2 Å². The van der Waals surface area contributed by atoms with Crippen LogP contribution in [0.2, 0.25) is 0 Å². The van der Waals surface area contributed by atoms with Crippen LogP contribution in [0.15, 0.2) is 54.7 Å². The molecular formula is C18H15FN2O2. The number of hydrogen-bond donors (Lipinski definition) is 0. The van der Waals surface area contributed by atoms with E-state index in [2.05, 4.69) is 9.84 Å². The Kier molecular flexibility index (Phi) is 3.93. The zero-order valence-corrected chi connectivity index (χ0v) is 12.8. The molecule has 1 aromatic heterocycles. The number of nitrogens with zero attached hydrogens (tertiary/aromatic N) is 2. The first-order valence-corrected chi connectivity index (χ1v) is 7.10. The summed E-state index contributed by atoms with van der Waals surface area (Å²) in [6.45, 7) is 2.00. The van der Waals surface area contributed by atoms with E-state index in [9.17, 15) is 9.18 Å². The van der Waals surface area contributed by atoms with Crippen molar-refractivity contribution in [2.75, 3.05) is 7.11 Å². The van der Waals surface area contributed by atoms with Gasteiger partial charge in [0.25, 0.3) is 0 Å². The van der Waals surface area contributed by atoms with Crippen LogP contribution in [0.1, 0.15) is 15.9 Å². The molecule has 0 bridgehead atoms. The average molecular weight is 310 g/mol. The Bertz CT molecular complexity index is 871. The van der Waals surface area contributed by atoms with E-state index in [4.69, 9.17) is 0 Å². The van der Waals surface area contributed by atoms with E-state index in [1.165, 1.54) is 19.2 Å². The second kappa shape index (κ2) is 6.04. The minimum Gasteiger partial charge on any atom is -0.465 e. The lowest BCUT2D eigenvalue weighted by Crippen LogP contribution is -2.04. The van der Waals surface area contributed by atoms with E-state index in [0.29, 0.717) is 11.3 Å². The lowest BCUT2D eigenvalue weighted by Gasteiger charge is -2.05. The quantitative estimate of drug-likeness (QED) is 0.692. The first-order chi connectivity index (χ1) is 11.1. The number of para-hydroxylation sites is 1. The largest absolute Gasteiger partial charge is 0.465 e. The molecule has 116 valence electrons. The summed E-state index contributed by atoms with van der Waals surface area (Å²) in [5.41, 5.74) is 3.26. The van der Waals surface area contributed by atoms with Gasteiger partial charge >= 0.3 is 5.97 Å². The molecule has 5 heteroatoms. The molecule has 0 saturated heterocycles. The molecule has 0 radical (unpaired) electrons. The van der Waals surface area contributed by atoms with Gasteiger partial charge in [-0.25, -0.2) is 13.9 Å². The molecule has 0 aliphatic rings. The maximum absolute atomic E-state index is 13.7. The molecule has 0 unspecified atom stereocenters. The summed E-state index contributed by atoms with van der Waals surface area (Å²) >= 11 is 0. The van der Waals surface area contributed by atoms with Gasteiger partial charge in [-0.3, -0.25) is 0 Å². The van der Waals surface area contributed by atoms with Gasteiger partial charge < -0.3 is 4.74 Å². The lowest BCUT2D eigenvalue weighted by molar-refractivity contribution is 0.0595. The van der Waals surface area contributed by atoms with Crippen molar-refractivity contribution in [1.29, 1.82) is 0 Å².